The predicted octanol–water partition coefficient (Wildman–Crippen LogP) is 4.44. The fourth-order valence-corrected chi connectivity index (χ4v) is 2.37. The highest BCUT2D eigenvalue weighted by Gasteiger charge is 2.31. The summed E-state index contributed by atoms with van der Waals surface area (Å²) in [6, 6.07) is 10.9. The third-order valence-corrected chi connectivity index (χ3v) is 3.74. The summed E-state index contributed by atoms with van der Waals surface area (Å²) in [5, 5.41) is 0.581. The number of benzene rings is 2. The molecule has 8 heteroatoms. The Balaban J connectivity index is 2.28. The van der Waals surface area contributed by atoms with Gasteiger partial charge in [-0.15, -0.1) is 0 Å². The monoisotopic (exact) mass is 366 g/mol. The summed E-state index contributed by atoms with van der Waals surface area (Å²) >= 11 is 5.93. The van der Waals surface area contributed by atoms with Crippen molar-refractivity contribution in [1.29, 1.82) is 0 Å². The molecular weight excluding hydrogens is 357 g/mol. The molecule has 0 unspecified atom stereocenters. The average Bonchev–Trinajstić information content (AvgIpc) is 2.55. The molecule has 0 saturated carbocycles. The van der Waals surface area contributed by atoms with Crippen LogP contribution in [0.1, 0.15) is 15.9 Å². The van der Waals surface area contributed by atoms with Crippen LogP contribution in [0.25, 0.3) is 11.0 Å². The number of carbonyl (C=O) groups excluding carboxylic acids is 1. The first-order chi connectivity index (χ1) is 11.8. The molecule has 1 amide bonds. The molecule has 0 spiro atoms. The topological polar surface area (TPSA) is 68.6 Å². The summed E-state index contributed by atoms with van der Waals surface area (Å²) in [5.74, 6) is -0.823. The first kappa shape index (κ1) is 17.0. The van der Waals surface area contributed by atoms with Gasteiger partial charge in [-0.1, -0.05) is 29.8 Å². The van der Waals surface area contributed by atoms with E-state index in [0.29, 0.717) is 11.0 Å². The number of nitrogens with zero attached hydrogens (tertiary/aromatic N) is 1. The van der Waals surface area contributed by atoms with E-state index >= 15 is 0 Å². The highest BCUT2D eigenvalue weighted by molar-refractivity contribution is 6.33. The van der Waals surface area contributed by atoms with Crippen LogP contribution in [0.15, 0.2) is 57.9 Å². The van der Waals surface area contributed by atoms with Gasteiger partial charge >= 0.3 is 6.18 Å². The Morgan fingerprint density at radius 2 is 1.84 bits per heavy atom. The molecule has 0 aliphatic heterocycles. The van der Waals surface area contributed by atoms with E-state index in [0.717, 1.165) is 18.2 Å². The quantitative estimate of drug-likeness (QED) is 0.728. The largest absolute Gasteiger partial charge is 0.438 e. The van der Waals surface area contributed by atoms with Gasteiger partial charge in [0, 0.05) is 5.39 Å². The van der Waals surface area contributed by atoms with Gasteiger partial charge in [0.05, 0.1) is 16.3 Å². The van der Waals surface area contributed by atoms with Crippen molar-refractivity contribution in [1.82, 2.24) is 0 Å². The minimum absolute atomic E-state index is 0.0215. The maximum absolute atomic E-state index is 12.9. The number of carbonyl (C=O) groups is 1. The number of nitrogens with two attached hydrogens (primary N) is 1. The number of alkyl halides is 3. The number of fused-ring (bicyclic) bond motifs is 1. The number of halogens is 4. The van der Waals surface area contributed by atoms with Crippen molar-refractivity contribution < 1.29 is 22.4 Å². The second-order valence-corrected chi connectivity index (χ2v) is 5.55. The van der Waals surface area contributed by atoms with Crippen molar-refractivity contribution in [3.8, 4) is 0 Å². The molecule has 0 atom stereocenters. The van der Waals surface area contributed by atoms with Crippen molar-refractivity contribution in [2.75, 3.05) is 0 Å². The lowest BCUT2D eigenvalue weighted by Crippen LogP contribution is -2.21. The SMILES string of the molecule is NC(=O)c1cc2ccccc2oc1=Nc1cc(C(F)(F)F)ccc1Cl. The minimum Gasteiger partial charge on any atom is -0.438 e. The molecule has 1 heterocycles. The van der Waals surface area contributed by atoms with Gasteiger partial charge in [-0.05, 0) is 30.3 Å². The zero-order chi connectivity index (χ0) is 18.2. The second-order valence-electron chi connectivity index (χ2n) is 5.14. The summed E-state index contributed by atoms with van der Waals surface area (Å²) in [6.45, 7) is 0. The number of para-hydroxylation sites is 1. The smallest absolute Gasteiger partial charge is 0.416 e. The third-order valence-electron chi connectivity index (χ3n) is 3.42. The van der Waals surface area contributed by atoms with Gasteiger partial charge < -0.3 is 10.2 Å². The van der Waals surface area contributed by atoms with Gasteiger partial charge in [0.15, 0.2) is 0 Å². The molecule has 25 heavy (non-hydrogen) atoms. The van der Waals surface area contributed by atoms with Crippen molar-refractivity contribution in [3.05, 3.63) is 70.2 Å². The van der Waals surface area contributed by atoms with Gasteiger partial charge in [0.2, 0.25) is 5.55 Å². The van der Waals surface area contributed by atoms with E-state index in [4.69, 9.17) is 21.8 Å². The Labute approximate surface area is 144 Å². The van der Waals surface area contributed by atoms with E-state index in [2.05, 4.69) is 4.99 Å². The second kappa shape index (κ2) is 6.25. The molecule has 0 aliphatic carbocycles. The Bertz CT molecular complexity index is 1040. The standard InChI is InChI=1S/C17H10ClF3N2O2/c18-12-6-5-10(17(19,20)21)8-13(12)23-16-11(15(22)24)7-9-3-1-2-4-14(9)25-16/h1-8H,(H2,22,24). The fraction of sp³-hybridized carbons (Fsp3) is 0.0588. The molecule has 0 bridgehead atoms. The molecule has 4 nitrogen and oxygen atoms in total. The molecule has 128 valence electrons. The third kappa shape index (κ3) is 3.51. The molecule has 2 N–H and O–H groups in total. The molecule has 3 aromatic rings. The van der Waals surface area contributed by atoms with E-state index in [1.807, 2.05) is 0 Å². The molecule has 0 fully saturated rings. The van der Waals surface area contributed by atoms with Crippen LogP contribution in [0.3, 0.4) is 0 Å². The lowest BCUT2D eigenvalue weighted by molar-refractivity contribution is -0.137. The summed E-state index contributed by atoms with van der Waals surface area (Å²) in [7, 11) is 0. The first-order valence-electron chi connectivity index (χ1n) is 7.00. The van der Waals surface area contributed by atoms with Crippen LogP contribution in [0.4, 0.5) is 18.9 Å². The van der Waals surface area contributed by atoms with Gasteiger partial charge in [-0.3, -0.25) is 4.79 Å². The number of primary amides is 1. The molecule has 3 rings (SSSR count). The molecule has 0 aliphatic rings. The van der Waals surface area contributed by atoms with E-state index < -0.39 is 17.6 Å². The predicted molar refractivity (Wildman–Crippen MR) is 86.4 cm³/mol. The average molecular weight is 367 g/mol. The summed E-state index contributed by atoms with van der Waals surface area (Å²) < 4.78 is 44.1. The summed E-state index contributed by atoms with van der Waals surface area (Å²) in [4.78, 5) is 15.6. The van der Waals surface area contributed by atoms with Crippen molar-refractivity contribution in [2.45, 2.75) is 6.18 Å². The molecule has 0 radical (unpaired) electrons. The minimum atomic E-state index is -4.55. The van der Waals surface area contributed by atoms with Crippen LogP contribution in [-0.2, 0) is 6.18 Å². The maximum Gasteiger partial charge on any atom is 0.416 e. The van der Waals surface area contributed by atoms with Crippen LogP contribution in [0.2, 0.25) is 5.02 Å². The Morgan fingerprint density at radius 3 is 2.52 bits per heavy atom. The normalized spacial score (nSPS) is 12.6. The van der Waals surface area contributed by atoms with E-state index in [9.17, 15) is 18.0 Å². The van der Waals surface area contributed by atoms with Crippen molar-refractivity contribution >= 4 is 34.2 Å². The van der Waals surface area contributed by atoms with Crippen LogP contribution in [-0.4, -0.2) is 5.91 Å². The zero-order valence-corrected chi connectivity index (χ0v) is 13.2. The van der Waals surface area contributed by atoms with Crippen LogP contribution < -0.4 is 11.3 Å². The molecule has 1 aromatic heterocycles. The van der Waals surface area contributed by atoms with Crippen LogP contribution in [0, 0.1) is 0 Å². The Kier molecular flexibility index (Phi) is 4.26. The van der Waals surface area contributed by atoms with Crippen molar-refractivity contribution in [2.24, 2.45) is 10.7 Å². The number of hydrogen-bond donors (Lipinski definition) is 1. The summed E-state index contributed by atoms with van der Waals surface area (Å²) in [5.41, 5.74) is 4.34. The Morgan fingerprint density at radius 1 is 1.12 bits per heavy atom. The van der Waals surface area contributed by atoms with Gasteiger partial charge in [0.1, 0.15) is 11.1 Å². The first-order valence-corrected chi connectivity index (χ1v) is 7.37. The van der Waals surface area contributed by atoms with Gasteiger partial charge in [-0.25, -0.2) is 4.99 Å². The van der Waals surface area contributed by atoms with Gasteiger partial charge in [-0.2, -0.15) is 13.2 Å². The number of hydrogen-bond acceptors (Lipinski definition) is 3. The lowest BCUT2D eigenvalue weighted by atomic mass is 10.1. The number of amides is 1. The number of rotatable bonds is 2. The van der Waals surface area contributed by atoms with E-state index in [1.165, 1.54) is 6.07 Å². The Hall–Kier alpha value is -2.80. The molecule has 2 aromatic carbocycles. The highest BCUT2D eigenvalue weighted by Crippen LogP contribution is 2.34. The maximum atomic E-state index is 12.9. The molecule has 0 saturated heterocycles. The fourth-order valence-electron chi connectivity index (χ4n) is 2.21. The van der Waals surface area contributed by atoms with Crippen LogP contribution >= 0.6 is 11.6 Å². The zero-order valence-electron chi connectivity index (χ0n) is 12.5. The van der Waals surface area contributed by atoms with Crippen LogP contribution in [0.5, 0.6) is 0 Å². The lowest BCUT2D eigenvalue weighted by Gasteiger charge is -2.08. The van der Waals surface area contributed by atoms with Gasteiger partial charge in [0.25, 0.3) is 5.91 Å². The highest BCUT2D eigenvalue weighted by atomic mass is 35.5. The summed E-state index contributed by atoms with van der Waals surface area (Å²) in [6.07, 6.45) is -4.55. The van der Waals surface area contributed by atoms with E-state index in [1.54, 1.807) is 24.3 Å². The van der Waals surface area contributed by atoms with Crippen molar-refractivity contribution in [3.63, 3.8) is 0 Å². The van der Waals surface area contributed by atoms with E-state index in [-0.39, 0.29) is 21.8 Å². The molecular formula is C17H10ClF3N2O2.